The van der Waals surface area contributed by atoms with Gasteiger partial charge in [-0.2, -0.15) is 43.5 Å². The van der Waals surface area contributed by atoms with Crippen LogP contribution in [0.1, 0.15) is 17.7 Å². The molecule has 29 heteroatoms. The molecular weight excluding hydrogens is 971 g/mol. The van der Waals surface area contributed by atoms with Crippen molar-refractivity contribution in [2.75, 3.05) is 12.4 Å². The summed E-state index contributed by atoms with van der Waals surface area (Å²) in [4.78, 5) is 1.61. The summed E-state index contributed by atoms with van der Waals surface area (Å²) in [6.07, 6.45) is -0.103. The summed E-state index contributed by atoms with van der Waals surface area (Å²) in [5.41, 5.74) is -0.101. The second-order valence-corrected chi connectivity index (χ2v) is 20.6. The number of phenolic OH excluding ortho intramolecular Hbond substituents is 1. The van der Waals surface area contributed by atoms with Crippen LogP contribution in [0.25, 0.3) is 26.7 Å². The normalized spacial score (nSPS) is 13.0. The minimum atomic E-state index is -5.16. The molecule has 5 aromatic carbocycles. The third-order valence-electron chi connectivity index (χ3n) is 9.18. The van der Waals surface area contributed by atoms with Gasteiger partial charge in [-0.3, -0.25) is 18.2 Å². The van der Waals surface area contributed by atoms with Crippen LogP contribution in [0.3, 0.4) is 0 Å². The summed E-state index contributed by atoms with van der Waals surface area (Å²) in [7, 11) is -19.5. The van der Waals surface area contributed by atoms with E-state index >= 15 is 0 Å². The molecule has 7 aromatic rings. The van der Waals surface area contributed by atoms with Gasteiger partial charge in [-0.15, -0.1) is 30.7 Å². The van der Waals surface area contributed by atoms with Gasteiger partial charge in [0.15, 0.2) is 11.4 Å². The predicted molar refractivity (Wildman–Crippen MR) is 235 cm³/mol. The van der Waals surface area contributed by atoms with E-state index in [0.29, 0.717) is 27.1 Å². The Balaban J connectivity index is 1.22. The fraction of sp³-hybridized carbons (Fsp3) is 0.135. The van der Waals surface area contributed by atoms with E-state index in [1.807, 2.05) is 24.3 Å². The van der Waals surface area contributed by atoms with Crippen molar-refractivity contribution in [1.82, 2.24) is 14.8 Å². The van der Waals surface area contributed by atoms with Crippen LogP contribution in [-0.4, -0.2) is 89.2 Å². The lowest BCUT2D eigenvalue weighted by Gasteiger charge is -2.11. The van der Waals surface area contributed by atoms with Crippen LogP contribution in [0.2, 0.25) is 0 Å². The average Bonchev–Trinajstić information content (AvgIpc) is 3.78. The largest absolute Gasteiger partial charge is 0.505 e. The first-order valence-electron chi connectivity index (χ1n) is 18.4. The molecule has 0 fully saturated rings. The first kappa shape index (κ1) is 47.3. The molecule has 0 bridgehead atoms. The van der Waals surface area contributed by atoms with E-state index < -0.39 is 89.6 Å². The van der Waals surface area contributed by atoms with Crippen LogP contribution in [-0.2, 0) is 40.5 Å². The zero-order valence-corrected chi connectivity index (χ0v) is 37.6. The fourth-order valence-corrected chi connectivity index (χ4v) is 9.41. The van der Waals surface area contributed by atoms with E-state index in [9.17, 15) is 57.5 Å². The number of fused-ring (bicyclic) bond motifs is 2. The molecule has 0 saturated heterocycles. The lowest BCUT2D eigenvalue weighted by atomic mass is 10.1. The summed E-state index contributed by atoms with van der Waals surface area (Å²) in [6, 6.07) is 16.9. The lowest BCUT2D eigenvalue weighted by molar-refractivity contribution is 0.317. The summed E-state index contributed by atoms with van der Waals surface area (Å²) >= 11 is 1.31. The molecule has 0 aliphatic heterocycles. The molecule has 0 unspecified atom stereocenters. The highest BCUT2D eigenvalue weighted by Crippen LogP contribution is 2.44. The standard InChI is InChI=1S/C37H31N9O15S5/c1-19-14-30(31(61-12-5-13-63(49,50)51)18-29(19)41-44-37-38-26-6-3-4-7-32(26)62-37)42-39-27-10-9-25-24(34(27)47)8-11-28(35(25)66(58,59)60)40-43-33-20(2)45-46(36(33)48)21-15-22(64(52,53)54)17-23(16-21)65(55,56)57/h3-4,6-11,14-18,47-48H,5,12-13H2,1-2H3,(H,49,50,51)(H,52,53,54)(H,55,56,57)(H,58,59,60). The summed E-state index contributed by atoms with van der Waals surface area (Å²) in [5, 5.41) is 50.9. The first-order chi connectivity index (χ1) is 30.9. The maximum absolute atomic E-state index is 12.8. The maximum Gasteiger partial charge on any atom is 0.297 e. The molecule has 0 amide bonds. The number of azo groups is 3. The molecule has 7 rings (SSSR count). The molecule has 0 radical (unpaired) electrons. The van der Waals surface area contributed by atoms with Crippen LogP contribution in [0.4, 0.5) is 33.6 Å². The highest BCUT2D eigenvalue weighted by atomic mass is 32.2. The quantitative estimate of drug-likeness (QED) is 0.0319. The zero-order valence-electron chi connectivity index (χ0n) is 33.6. The summed E-state index contributed by atoms with van der Waals surface area (Å²) in [5.74, 6) is -2.03. The number of aromatic hydroxyl groups is 2. The lowest BCUT2D eigenvalue weighted by Crippen LogP contribution is -2.08. The highest BCUT2D eigenvalue weighted by molar-refractivity contribution is 7.87. The van der Waals surface area contributed by atoms with Crippen molar-refractivity contribution in [3.8, 4) is 23.1 Å². The van der Waals surface area contributed by atoms with Crippen LogP contribution >= 0.6 is 11.3 Å². The van der Waals surface area contributed by atoms with Gasteiger partial charge in [-0.05, 0) is 80.4 Å². The monoisotopic (exact) mass is 1000 g/mol. The van der Waals surface area contributed by atoms with Gasteiger partial charge in [-0.1, -0.05) is 29.5 Å². The Bertz CT molecular complexity index is 3580. The molecule has 24 nitrogen and oxygen atoms in total. The van der Waals surface area contributed by atoms with Crippen molar-refractivity contribution in [1.29, 1.82) is 0 Å². The average molecular weight is 1000 g/mol. The van der Waals surface area contributed by atoms with Gasteiger partial charge >= 0.3 is 0 Å². The van der Waals surface area contributed by atoms with Crippen LogP contribution in [0, 0.1) is 13.8 Å². The Hall–Kier alpha value is -6.70. The number of ether oxygens (including phenoxy) is 1. The molecule has 6 N–H and O–H groups in total. The van der Waals surface area contributed by atoms with E-state index in [-0.39, 0.29) is 46.6 Å². The highest BCUT2D eigenvalue weighted by Gasteiger charge is 2.25. The van der Waals surface area contributed by atoms with E-state index in [0.717, 1.165) is 28.4 Å². The number of phenols is 1. The van der Waals surface area contributed by atoms with Crippen molar-refractivity contribution in [2.24, 2.45) is 30.7 Å². The minimum Gasteiger partial charge on any atom is -0.505 e. The first-order valence-corrected chi connectivity index (χ1v) is 25.1. The Morgan fingerprint density at radius 2 is 1.29 bits per heavy atom. The van der Waals surface area contributed by atoms with E-state index in [4.69, 9.17) is 9.29 Å². The number of thiazole rings is 1. The SMILES string of the molecule is Cc1cc(N=Nc2ccc3c(S(=O)(=O)O)c(N=Nc4c(C)nn(-c5cc(S(=O)(=O)O)cc(S(=O)(=O)O)c5)c4O)ccc3c2O)c(OCCCS(=O)(=O)O)cc1N=Nc1nc2ccccc2s1. The number of para-hydroxylation sites is 1. The fourth-order valence-electron chi connectivity index (χ4n) is 6.15. The molecule has 0 aliphatic rings. The van der Waals surface area contributed by atoms with E-state index in [1.165, 1.54) is 48.6 Å². The molecular formula is C37H31N9O15S5. The van der Waals surface area contributed by atoms with Crippen LogP contribution < -0.4 is 4.74 Å². The second kappa shape index (κ2) is 17.9. The summed E-state index contributed by atoms with van der Waals surface area (Å²) < 4.78 is 141. The van der Waals surface area contributed by atoms with Crippen molar-refractivity contribution in [3.63, 3.8) is 0 Å². The van der Waals surface area contributed by atoms with E-state index in [2.05, 4.69) is 40.8 Å². The van der Waals surface area contributed by atoms with Gasteiger partial charge in [0, 0.05) is 16.8 Å². The molecule has 0 aliphatic carbocycles. The Kier molecular flexibility index (Phi) is 12.8. The number of hydrogen-bond donors (Lipinski definition) is 6. The molecule has 66 heavy (non-hydrogen) atoms. The Labute approximate surface area is 377 Å². The van der Waals surface area contributed by atoms with Crippen molar-refractivity contribution >= 4 is 106 Å². The maximum atomic E-state index is 12.8. The van der Waals surface area contributed by atoms with Crippen LogP contribution in [0.5, 0.6) is 17.4 Å². The van der Waals surface area contributed by atoms with E-state index in [1.54, 1.807) is 6.92 Å². The number of aryl methyl sites for hydroxylation is 2. The molecule has 344 valence electrons. The van der Waals surface area contributed by atoms with Crippen molar-refractivity contribution in [3.05, 3.63) is 90.1 Å². The smallest absolute Gasteiger partial charge is 0.297 e. The number of nitrogens with zero attached hydrogens (tertiary/aromatic N) is 9. The van der Waals surface area contributed by atoms with Gasteiger partial charge in [0.25, 0.3) is 40.5 Å². The van der Waals surface area contributed by atoms with Gasteiger partial charge in [0.05, 0.1) is 49.4 Å². The minimum absolute atomic E-state index is 0.0585. The number of aromatic nitrogens is 3. The third kappa shape index (κ3) is 10.5. The molecule has 0 spiro atoms. The Morgan fingerprint density at radius 1 is 0.667 bits per heavy atom. The summed E-state index contributed by atoms with van der Waals surface area (Å²) in [6.45, 7) is 2.78. The predicted octanol–water partition coefficient (Wildman–Crippen LogP) is 8.31. The second-order valence-electron chi connectivity index (χ2n) is 13.9. The van der Waals surface area contributed by atoms with Gasteiger partial charge in [-0.25, -0.2) is 4.98 Å². The van der Waals surface area contributed by atoms with Gasteiger partial charge in [0.1, 0.15) is 27.7 Å². The van der Waals surface area contributed by atoms with Crippen molar-refractivity contribution in [2.45, 2.75) is 35.0 Å². The van der Waals surface area contributed by atoms with Crippen molar-refractivity contribution < 1.29 is 66.8 Å². The van der Waals surface area contributed by atoms with Crippen LogP contribution in [0.15, 0.2) is 124 Å². The molecule has 0 saturated carbocycles. The van der Waals surface area contributed by atoms with Gasteiger partial charge < -0.3 is 14.9 Å². The topological polar surface area (TPSA) is 372 Å². The number of benzene rings is 5. The zero-order chi connectivity index (χ0) is 47.9. The number of hydrogen-bond acceptors (Lipinski definition) is 20. The Morgan fingerprint density at radius 3 is 1.94 bits per heavy atom. The molecule has 2 aromatic heterocycles. The number of rotatable bonds is 15. The molecule has 2 heterocycles. The molecule has 0 atom stereocenters. The third-order valence-corrected chi connectivity index (χ3v) is 13.5. The van der Waals surface area contributed by atoms with Gasteiger partial charge in [0.2, 0.25) is 11.0 Å².